The number of likely N-dealkylation sites (tertiary alicyclic amines) is 1. The second kappa shape index (κ2) is 5.71. The van der Waals surface area contributed by atoms with Gasteiger partial charge in [-0.15, -0.1) is 5.10 Å². The number of ether oxygens (including phenoxy) is 1. The topological polar surface area (TPSA) is 100 Å². The van der Waals surface area contributed by atoms with Gasteiger partial charge in [-0.1, -0.05) is 0 Å². The molecule has 8 nitrogen and oxygen atoms in total. The second-order valence-electron chi connectivity index (χ2n) is 5.53. The number of anilines is 1. The molecule has 2 N–H and O–H groups in total. The first-order valence-electron chi connectivity index (χ1n) is 7.29. The highest BCUT2D eigenvalue weighted by Gasteiger charge is 2.37. The molecule has 21 heavy (non-hydrogen) atoms. The van der Waals surface area contributed by atoms with Gasteiger partial charge in [0.25, 0.3) is 0 Å². The van der Waals surface area contributed by atoms with Crippen molar-refractivity contribution in [2.75, 3.05) is 25.0 Å². The fourth-order valence-electron chi connectivity index (χ4n) is 2.45. The van der Waals surface area contributed by atoms with E-state index in [0.717, 1.165) is 6.54 Å². The predicted molar refractivity (Wildman–Crippen MR) is 73.6 cm³/mol. The Balaban J connectivity index is 1.53. The summed E-state index contributed by atoms with van der Waals surface area (Å²) in [4.78, 5) is 29.8. The molecule has 0 aromatic carbocycles. The van der Waals surface area contributed by atoms with Crippen molar-refractivity contribution in [3.8, 4) is 6.01 Å². The third kappa shape index (κ3) is 3.32. The van der Waals surface area contributed by atoms with Crippen molar-refractivity contribution < 1.29 is 14.3 Å². The van der Waals surface area contributed by atoms with Gasteiger partial charge in [0.1, 0.15) is 0 Å². The molecule has 2 amide bonds. The predicted octanol–water partition coefficient (Wildman–Crippen LogP) is 0.400. The van der Waals surface area contributed by atoms with E-state index in [1.165, 1.54) is 12.8 Å². The lowest BCUT2D eigenvalue weighted by atomic mass is 10.1. The van der Waals surface area contributed by atoms with Crippen molar-refractivity contribution in [3.05, 3.63) is 0 Å². The number of nitrogens with one attached hydrogen (secondary N) is 2. The Morgan fingerprint density at radius 2 is 2.33 bits per heavy atom. The summed E-state index contributed by atoms with van der Waals surface area (Å²) in [5, 5.41) is 9.05. The summed E-state index contributed by atoms with van der Waals surface area (Å²) in [6.07, 6.45) is 2.66. The van der Waals surface area contributed by atoms with Gasteiger partial charge in [-0.2, -0.15) is 4.98 Å². The number of amides is 2. The highest BCUT2D eigenvalue weighted by molar-refractivity contribution is 5.96. The third-order valence-electron chi connectivity index (χ3n) is 3.74. The van der Waals surface area contributed by atoms with Crippen LogP contribution in [0.4, 0.5) is 5.95 Å². The van der Waals surface area contributed by atoms with E-state index < -0.39 is 0 Å². The van der Waals surface area contributed by atoms with E-state index >= 15 is 0 Å². The molecule has 1 aliphatic heterocycles. The summed E-state index contributed by atoms with van der Waals surface area (Å²) in [6, 6.07) is 0.200. The van der Waals surface area contributed by atoms with Gasteiger partial charge >= 0.3 is 6.01 Å². The van der Waals surface area contributed by atoms with Crippen LogP contribution < -0.4 is 10.1 Å². The Labute approximate surface area is 122 Å². The van der Waals surface area contributed by atoms with Crippen LogP contribution in [0.5, 0.6) is 6.01 Å². The van der Waals surface area contributed by atoms with Gasteiger partial charge < -0.3 is 9.64 Å². The van der Waals surface area contributed by atoms with Crippen LogP contribution in [0.3, 0.4) is 0 Å². The Morgan fingerprint density at radius 1 is 1.52 bits per heavy atom. The second-order valence-corrected chi connectivity index (χ2v) is 5.53. The molecule has 1 saturated carbocycles. The lowest BCUT2D eigenvalue weighted by Crippen LogP contribution is -2.30. The molecule has 114 valence electrons. The normalized spacial score (nSPS) is 21.7. The summed E-state index contributed by atoms with van der Waals surface area (Å²) < 4.78 is 5.11. The molecule has 1 atom stereocenters. The molecular weight excluding hydrogens is 274 g/mol. The van der Waals surface area contributed by atoms with Crippen LogP contribution in [0, 0.1) is 11.8 Å². The van der Waals surface area contributed by atoms with Gasteiger partial charge in [0.2, 0.25) is 17.8 Å². The molecule has 0 radical (unpaired) electrons. The fourth-order valence-corrected chi connectivity index (χ4v) is 2.45. The van der Waals surface area contributed by atoms with Gasteiger partial charge in [0, 0.05) is 19.5 Å². The largest absolute Gasteiger partial charge is 0.463 e. The van der Waals surface area contributed by atoms with Crippen molar-refractivity contribution in [3.63, 3.8) is 0 Å². The highest BCUT2D eigenvalue weighted by Crippen LogP contribution is 2.32. The Bertz CT molecular complexity index is 540. The zero-order valence-corrected chi connectivity index (χ0v) is 12.0. The minimum absolute atomic E-state index is 0.0645. The monoisotopic (exact) mass is 293 g/mol. The molecule has 1 saturated heterocycles. The molecule has 1 aliphatic carbocycles. The number of hydrogen-bond donors (Lipinski definition) is 2. The number of hydrogen-bond acceptors (Lipinski definition) is 5. The molecule has 1 aromatic heterocycles. The number of aromatic nitrogens is 3. The zero-order valence-electron chi connectivity index (χ0n) is 12.0. The lowest BCUT2D eigenvalue weighted by molar-refractivity contribution is -0.128. The van der Waals surface area contributed by atoms with Crippen LogP contribution in [0.1, 0.15) is 26.2 Å². The smallest absolute Gasteiger partial charge is 0.337 e. The van der Waals surface area contributed by atoms with Gasteiger partial charge in [-0.05, 0) is 25.7 Å². The minimum Gasteiger partial charge on any atom is -0.463 e. The van der Waals surface area contributed by atoms with Crippen LogP contribution in [0.25, 0.3) is 0 Å². The Kier molecular flexibility index (Phi) is 3.76. The molecule has 3 rings (SSSR count). The van der Waals surface area contributed by atoms with E-state index in [1.54, 1.807) is 4.90 Å². The summed E-state index contributed by atoms with van der Waals surface area (Å²) in [6.45, 7) is 3.57. The van der Waals surface area contributed by atoms with Gasteiger partial charge in [0.05, 0.1) is 12.5 Å². The summed E-state index contributed by atoms with van der Waals surface area (Å²) in [7, 11) is 0. The maximum Gasteiger partial charge on any atom is 0.337 e. The maximum absolute atomic E-state index is 12.2. The molecular formula is C13H19N5O3. The van der Waals surface area contributed by atoms with Gasteiger partial charge in [0.15, 0.2) is 0 Å². The van der Waals surface area contributed by atoms with Crippen molar-refractivity contribution in [1.29, 1.82) is 0 Å². The molecule has 8 heteroatoms. The average molecular weight is 293 g/mol. The number of carbonyl (C=O) groups excluding carboxylic acids is 2. The van der Waals surface area contributed by atoms with E-state index in [-0.39, 0.29) is 36.1 Å². The SMILES string of the molecule is CCOc1n[nH]c(NC(=O)C2CC(=O)N(CC3CC3)C2)n1. The van der Waals surface area contributed by atoms with Crippen molar-refractivity contribution in [1.82, 2.24) is 20.1 Å². The van der Waals surface area contributed by atoms with Gasteiger partial charge in [-0.25, -0.2) is 5.10 Å². The van der Waals surface area contributed by atoms with Crippen molar-refractivity contribution in [2.24, 2.45) is 11.8 Å². The van der Waals surface area contributed by atoms with Crippen LogP contribution in [0.15, 0.2) is 0 Å². The Morgan fingerprint density at radius 3 is 3.05 bits per heavy atom. The molecule has 1 unspecified atom stereocenters. The fraction of sp³-hybridized carbons (Fsp3) is 0.692. The lowest BCUT2D eigenvalue weighted by Gasteiger charge is -2.15. The molecule has 0 spiro atoms. The standard InChI is InChI=1S/C13H19N5O3/c1-2-21-13-15-12(16-17-13)14-11(20)9-5-10(19)18(7-9)6-8-3-4-8/h8-9H,2-7H2,1H3,(H2,14,15,16,17,20). The highest BCUT2D eigenvalue weighted by atomic mass is 16.5. The van der Waals surface area contributed by atoms with E-state index in [9.17, 15) is 9.59 Å². The van der Waals surface area contributed by atoms with Crippen LogP contribution in [-0.4, -0.2) is 51.6 Å². The molecule has 0 bridgehead atoms. The van der Waals surface area contributed by atoms with E-state index in [2.05, 4.69) is 20.5 Å². The van der Waals surface area contributed by atoms with Crippen molar-refractivity contribution in [2.45, 2.75) is 26.2 Å². The minimum atomic E-state index is -0.322. The molecule has 1 aromatic rings. The molecule has 2 aliphatic rings. The first-order valence-corrected chi connectivity index (χ1v) is 7.29. The number of nitrogens with zero attached hydrogens (tertiary/aromatic N) is 3. The number of H-pyrrole nitrogens is 1. The van der Waals surface area contributed by atoms with E-state index in [1.807, 2.05) is 6.92 Å². The summed E-state index contributed by atoms with van der Waals surface area (Å²) in [5.41, 5.74) is 0. The maximum atomic E-state index is 12.2. The Hall–Kier alpha value is -2.12. The van der Waals surface area contributed by atoms with Gasteiger partial charge in [-0.3, -0.25) is 14.9 Å². The van der Waals surface area contributed by atoms with Crippen molar-refractivity contribution >= 4 is 17.8 Å². The summed E-state index contributed by atoms with van der Waals surface area (Å²) in [5.74, 6) is 0.419. The number of aromatic amines is 1. The number of carbonyl (C=O) groups is 2. The quantitative estimate of drug-likeness (QED) is 0.790. The average Bonchev–Trinajstić information content (AvgIpc) is 3.04. The first-order chi connectivity index (χ1) is 10.2. The van der Waals surface area contributed by atoms with E-state index in [4.69, 9.17) is 4.74 Å². The first kappa shape index (κ1) is 13.8. The zero-order chi connectivity index (χ0) is 14.8. The van der Waals surface area contributed by atoms with Crippen LogP contribution in [-0.2, 0) is 9.59 Å². The van der Waals surface area contributed by atoms with Crippen LogP contribution in [0.2, 0.25) is 0 Å². The van der Waals surface area contributed by atoms with Crippen LogP contribution >= 0.6 is 0 Å². The third-order valence-corrected chi connectivity index (χ3v) is 3.74. The van der Waals surface area contributed by atoms with E-state index in [0.29, 0.717) is 19.1 Å². The molecule has 2 heterocycles. The molecule has 2 fully saturated rings. The number of rotatable bonds is 6. The summed E-state index contributed by atoms with van der Waals surface area (Å²) >= 11 is 0.